The van der Waals surface area contributed by atoms with Gasteiger partial charge in [-0.1, -0.05) is 0 Å². The molecule has 0 saturated heterocycles. The summed E-state index contributed by atoms with van der Waals surface area (Å²) in [4.78, 5) is 25.3. The fraction of sp³-hybridized carbons (Fsp3) is 0.350. The van der Waals surface area contributed by atoms with E-state index < -0.39 is 30.4 Å². The van der Waals surface area contributed by atoms with Crippen LogP contribution in [0.5, 0.6) is 5.75 Å². The monoisotopic (exact) mass is 402 g/mol. The second kappa shape index (κ2) is 8.85. The van der Waals surface area contributed by atoms with E-state index in [1.54, 1.807) is 0 Å². The van der Waals surface area contributed by atoms with E-state index in [4.69, 9.17) is 9.47 Å². The number of benzene rings is 1. The first-order chi connectivity index (χ1) is 13.5. The van der Waals surface area contributed by atoms with Crippen LogP contribution in [0, 0.1) is 17.1 Å². The fourth-order valence-electron chi connectivity index (χ4n) is 2.95. The Morgan fingerprint density at radius 1 is 1.29 bits per heavy atom. The number of amides is 1. The molecule has 0 bridgehead atoms. The van der Waals surface area contributed by atoms with Crippen molar-refractivity contribution in [2.24, 2.45) is 0 Å². The Morgan fingerprint density at radius 3 is 2.71 bits per heavy atom. The van der Waals surface area contributed by atoms with E-state index >= 15 is 0 Å². The number of esters is 1. The van der Waals surface area contributed by atoms with Crippen molar-refractivity contribution >= 4 is 28.2 Å². The molecule has 0 spiro atoms. The van der Waals surface area contributed by atoms with Crippen LogP contribution in [-0.4, -0.2) is 24.6 Å². The normalized spacial score (nSPS) is 13.8. The topological polar surface area (TPSA) is 88.4 Å². The Hall–Kier alpha value is -2.92. The van der Waals surface area contributed by atoms with Gasteiger partial charge in [0.25, 0.3) is 5.91 Å². The van der Waals surface area contributed by atoms with Crippen LogP contribution >= 0.6 is 11.3 Å². The highest BCUT2D eigenvalue weighted by molar-refractivity contribution is 7.16. The molecule has 0 unspecified atom stereocenters. The van der Waals surface area contributed by atoms with Crippen molar-refractivity contribution < 1.29 is 23.5 Å². The van der Waals surface area contributed by atoms with Crippen LogP contribution in [0.2, 0.25) is 0 Å². The number of nitriles is 1. The lowest BCUT2D eigenvalue weighted by Gasteiger charge is -2.13. The average molecular weight is 402 g/mol. The number of nitrogens with zero attached hydrogens (tertiary/aromatic N) is 1. The summed E-state index contributed by atoms with van der Waals surface area (Å²) in [5.74, 6) is -1.33. The van der Waals surface area contributed by atoms with Crippen molar-refractivity contribution in [1.82, 2.24) is 0 Å². The fourth-order valence-corrected chi connectivity index (χ4v) is 4.21. The summed E-state index contributed by atoms with van der Waals surface area (Å²) in [7, 11) is 0. The van der Waals surface area contributed by atoms with Gasteiger partial charge in [-0.25, -0.2) is 9.18 Å². The van der Waals surface area contributed by atoms with E-state index in [0.29, 0.717) is 16.3 Å². The number of ether oxygens (including phenoxy) is 2. The van der Waals surface area contributed by atoms with Gasteiger partial charge in [-0.3, -0.25) is 4.79 Å². The number of hydrogen-bond donors (Lipinski definition) is 1. The SMILES string of the molecule is C[C@@H](Oc1ccc(F)cc1)C(=O)OCC(=O)Nc1sc2c(c1C#N)CCCC2. The number of carbonyl (C=O) groups is 2. The highest BCUT2D eigenvalue weighted by Crippen LogP contribution is 2.37. The quantitative estimate of drug-likeness (QED) is 0.746. The Kier molecular flexibility index (Phi) is 6.26. The molecule has 1 amide bonds. The number of anilines is 1. The van der Waals surface area contributed by atoms with Crippen LogP contribution in [0.3, 0.4) is 0 Å². The van der Waals surface area contributed by atoms with Crippen molar-refractivity contribution in [3.63, 3.8) is 0 Å². The standard InChI is InChI=1S/C20H19FN2O4S/c1-12(27-14-8-6-13(21)7-9-14)20(25)26-11-18(24)23-19-16(10-22)15-4-2-3-5-17(15)28-19/h6-9,12H,2-5,11H2,1H3,(H,23,24)/t12-/m1/s1. The molecule has 1 aliphatic carbocycles. The molecule has 0 radical (unpaired) electrons. The molecule has 8 heteroatoms. The Morgan fingerprint density at radius 2 is 2.00 bits per heavy atom. The van der Waals surface area contributed by atoms with Crippen molar-refractivity contribution in [3.8, 4) is 11.8 Å². The van der Waals surface area contributed by atoms with Crippen molar-refractivity contribution in [3.05, 3.63) is 46.1 Å². The molecular formula is C20H19FN2O4S. The highest BCUT2D eigenvalue weighted by Gasteiger charge is 2.23. The molecule has 3 rings (SSSR count). The zero-order chi connectivity index (χ0) is 20.1. The number of fused-ring (bicyclic) bond motifs is 1. The lowest BCUT2D eigenvalue weighted by molar-refractivity contribution is -0.153. The first kappa shape index (κ1) is 19.8. The number of carbonyl (C=O) groups excluding carboxylic acids is 2. The maximum atomic E-state index is 12.9. The Balaban J connectivity index is 1.53. The summed E-state index contributed by atoms with van der Waals surface area (Å²) < 4.78 is 23.2. The van der Waals surface area contributed by atoms with Crippen LogP contribution in [-0.2, 0) is 27.2 Å². The molecule has 6 nitrogen and oxygen atoms in total. The van der Waals surface area contributed by atoms with Gasteiger partial charge in [-0.2, -0.15) is 5.26 Å². The van der Waals surface area contributed by atoms with E-state index in [2.05, 4.69) is 11.4 Å². The molecule has 1 aromatic heterocycles. The van der Waals surface area contributed by atoms with Crippen molar-refractivity contribution in [2.75, 3.05) is 11.9 Å². The first-order valence-electron chi connectivity index (χ1n) is 8.91. The summed E-state index contributed by atoms with van der Waals surface area (Å²) in [5.41, 5.74) is 1.53. The van der Waals surface area contributed by atoms with Gasteiger partial charge in [0.05, 0.1) is 5.56 Å². The third-order valence-corrected chi connectivity index (χ3v) is 5.55. The number of hydrogen-bond acceptors (Lipinski definition) is 6. The number of rotatable bonds is 6. The number of aryl methyl sites for hydroxylation is 1. The van der Waals surface area contributed by atoms with Gasteiger partial charge >= 0.3 is 5.97 Å². The lowest BCUT2D eigenvalue weighted by atomic mass is 9.96. The van der Waals surface area contributed by atoms with Gasteiger partial charge in [0, 0.05) is 4.88 Å². The van der Waals surface area contributed by atoms with E-state index in [-0.39, 0.29) is 0 Å². The smallest absolute Gasteiger partial charge is 0.347 e. The summed E-state index contributed by atoms with van der Waals surface area (Å²) in [6.45, 7) is 0.994. The van der Waals surface area contributed by atoms with Gasteiger partial charge in [-0.15, -0.1) is 11.3 Å². The summed E-state index contributed by atoms with van der Waals surface area (Å²) >= 11 is 1.41. The molecule has 1 heterocycles. The molecular weight excluding hydrogens is 383 g/mol. The van der Waals surface area contributed by atoms with Crippen LogP contribution in [0.1, 0.15) is 35.8 Å². The molecule has 0 fully saturated rings. The van der Waals surface area contributed by atoms with Gasteiger partial charge in [0.2, 0.25) is 0 Å². The second-order valence-electron chi connectivity index (χ2n) is 6.40. The summed E-state index contributed by atoms with van der Waals surface area (Å²) in [6, 6.07) is 7.39. The number of thiophene rings is 1. The second-order valence-corrected chi connectivity index (χ2v) is 7.50. The minimum atomic E-state index is -0.956. The summed E-state index contributed by atoms with van der Waals surface area (Å²) in [6.07, 6.45) is 2.92. The predicted octanol–water partition coefficient (Wildman–Crippen LogP) is 3.59. The molecule has 0 aliphatic heterocycles. The van der Waals surface area contributed by atoms with E-state index in [1.807, 2.05) is 0 Å². The highest BCUT2D eigenvalue weighted by atomic mass is 32.1. The average Bonchev–Trinajstić information content (AvgIpc) is 3.04. The molecule has 28 heavy (non-hydrogen) atoms. The Labute approximate surface area is 165 Å². The zero-order valence-corrected chi connectivity index (χ0v) is 16.1. The maximum absolute atomic E-state index is 12.9. The minimum absolute atomic E-state index is 0.318. The summed E-state index contributed by atoms with van der Waals surface area (Å²) in [5, 5.41) is 12.6. The molecule has 1 aliphatic rings. The van der Waals surface area contributed by atoms with E-state index in [9.17, 15) is 19.2 Å². The van der Waals surface area contributed by atoms with Gasteiger partial charge in [0.1, 0.15) is 22.6 Å². The minimum Gasteiger partial charge on any atom is -0.479 e. The zero-order valence-electron chi connectivity index (χ0n) is 15.3. The predicted molar refractivity (Wildman–Crippen MR) is 102 cm³/mol. The molecule has 1 aromatic carbocycles. The third-order valence-electron chi connectivity index (χ3n) is 4.34. The molecule has 1 N–H and O–H groups in total. The third kappa shape index (κ3) is 4.67. The molecule has 2 aromatic rings. The van der Waals surface area contributed by atoms with Crippen LogP contribution in [0.25, 0.3) is 0 Å². The lowest BCUT2D eigenvalue weighted by Crippen LogP contribution is -2.29. The van der Waals surface area contributed by atoms with Crippen molar-refractivity contribution in [1.29, 1.82) is 5.26 Å². The van der Waals surface area contributed by atoms with E-state index in [0.717, 1.165) is 36.1 Å². The Bertz CT molecular complexity index is 918. The first-order valence-corrected chi connectivity index (χ1v) is 9.73. The van der Waals surface area contributed by atoms with Gasteiger partial charge in [0.15, 0.2) is 12.7 Å². The molecule has 0 saturated carbocycles. The van der Waals surface area contributed by atoms with Crippen molar-refractivity contribution in [2.45, 2.75) is 38.7 Å². The molecule has 146 valence electrons. The maximum Gasteiger partial charge on any atom is 0.347 e. The molecule has 1 atom stereocenters. The number of halogens is 1. The van der Waals surface area contributed by atoms with Crippen LogP contribution in [0.4, 0.5) is 9.39 Å². The van der Waals surface area contributed by atoms with Gasteiger partial charge < -0.3 is 14.8 Å². The number of nitrogens with one attached hydrogen (secondary N) is 1. The van der Waals surface area contributed by atoms with E-state index in [1.165, 1.54) is 42.5 Å². The van der Waals surface area contributed by atoms with Crippen LogP contribution < -0.4 is 10.1 Å². The largest absolute Gasteiger partial charge is 0.479 e. The van der Waals surface area contributed by atoms with Crippen LogP contribution in [0.15, 0.2) is 24.3 Å². The van der Waals surface area contributed by atoms with Gasteiger partial charge in [-0.05, 0) is 62.4 Å².